The molecule has 0 spiro atoms. The fraction of sp³-hybridized carbons (Fsp3) is 0.300. The SMILES string of the molecule is Cc1nc(N2CCNCC2)cn2c(=O)cc(-c3ccc4nn(C)cc4c3)nc12. The Morgan fingerprint density at radius 3 is 2.71 bits per heavy atom. The molecule has 0 bridgehead atoms. The number of nitrogens with zero attached hydrogens (tertiary/aromatic N) is 6. The zero-order valence-electron chi connectivity index (χ0n) is 15.9. The number of nitrogens with one attached hydrogen (secondary N) is 1. The minimum absolute atomic E-state index is 0.104. The average Bonchev–Trinajstić information content (AvgIpc) is 3.08. The van der Waals surface area contributed by atoms with Crippen LogP contribution in [-0.4, -0.2) is 50.3 Å². The molecule has 1 saturated heterocycles. The molecular formula is C20H21N7O. The molecule has 8 heteroatoms. The number of aryl methyl sites for hydroxylation is 2. The van der Waals surface area contributed by atoms with Gasteiger partial charge in [-0.25, -0.2) is 9.97 Å². The number of hydrogen-bond acceptors (Lipinski definition) is 6. The first-order chi connectivity index (χ1) is 13.6. The number of piperazine rings is 1. The molecule has 4 aromatic rings. The average molecular weight is 375 g/mol. The third-order valence-corrected chi connectivity index (χ3v) is 5.16. The lowest BCUT2D eigenvalue weighted by Crippen LogP contribution is -2.44. The molecule has 0 unspecified atom stereocenters. The number of rotatable bonds is 2. The number of aromatic nitrogens is 5. The summed E-state index contributed by atoms with van der Waals surface area (Å²) in [6, 6.07) is 7.50. The molecule has 0 atom stereocenters. The predicted molar refractivity (Wildman–Crippen MR) is 109 cm³/mol. The number of hydrogen-bond donors (Lipinski definition) is 1. The van der Waals surface area contributed by atoms with Gasteiger partial charge in [-0.3, -0.25) is 13.9 Å². The van der Waals surface area contributed by atoms with Crippen LogP contribution in [0.2, 0.25) is 0 Å². The zero-order chi connectivity index (χ0) is 19.3. The van der Waals surface area contributed by atoms with Crippen LogP contribution in [0.25, 0.3) is 27.8 Å². The van der Waals surface area contributed by atoms with Crippen LogP contribution in [0.5, 0.6) is 0 Å². The summed E-state index contributed by atoms with van der Waals surface area (Å²) in [7, 11) is 1.89. The lowest BCUT2D eigenvalue weighted by molar-refractivity contribution is 0.583. The fourth-order valence-corrected chi connectivity index (χ4v) is 3.74. The van der Waals surface area contributed by atoms with E-state index >= 15 is 0 Å². The highest BCUT2D eigenvalue weighted by Gasteiger charge is 2.15. The van der Waals surface area contributed by atoms with Crippen LogP contribution < -0.4 is 15.8 Å². The van der Waals surface area contributed by atoms with E-state index in [1.54, 1.807) is 21.3 Å². The van der Waals surface area contributed by atoms with E-state index in [4.69, 9.17) is 9.97 Å². The monoisotopic (exact) mass is 375 g/mol. The van der Waals surface area contributed by atoms with Gasteiger partial charge in [-0.2, -0.15) is 5.10 Å². The van der Waals surface area contributed by atoms with Crippen LogP contribution in [0.4, 0.5) is 5.82 Å². The molecular weight excluding hydrogens is 354 g/mol. The van der Waals surface area contributed by atoms with Crippen LogP contribution in [0, 0.1) is 6.92 Å². The Hall–Kier alpha value is -3.26. The van der Waals surface area contributed by atoms with Crippen LogP contribution in [0.1, 0.15) is 5.69 Å². The summed E-state index contributed by atoms with van der Waals surface area (Å²) in [5, 5.41) is 8.75. The summed E-state index contributed by atoms with van der Waals surface area (Å²) in [5.74, 6) is 0.819. The van der Waals surface area contributed by atoms with Gasteiger partial charge in [0.15, 0.2) is 5.65 Å². The van der Waals surface area contributed by atoms with Gasteiger partial charge >= 0.3 is 0 Å². The van der Waals surface area contributed by atoms with Gasteiger partial charge in [0.25, 0.3) is 5.56 Å². The second-order valence-corrected chi connectivity index (χ2v) is 7.17. The van der Waals surface area contributed by atoms with E-state index in [0.29, 0.717) is 11.3 Å². The van der Waals surface area contributed by atoms with Gasteiger partial charge in [0.1, 0.15) is 5.82 Å². The topological polar surface area (TPSA) is 80.4 Å². The molecule has 4 heterocycles. The highest BCUT2D eigenvalue weighted by molar-refractivity contribution is 5.83. The maximum absolute atomic E-state index is 12.9. The van der Waals surface area contributed by atoms with Crippen molar-refractivity contribution in [2.45, 2.75) is 6.92 Å². The number of fused-ring (bicyclic) bond motifs is 2. The van der Waals surface area contributed by atoms with E-state index in [9.17, 15) is 4.79 Å². The van der Waals surface area contributed by atoms with Gasteiger partial charge in [0.2, 0.25) is 0 Å². The Morgan fingerprint density at radius 1 is 1.07 bits per heavy atom. The Labute approximate surface area is 161 Å². The molecule has 28 heavy (non-hydrogen) atoms. The molecule has 1 N–H and O–H groups in total. The highest BCUT2D eigenvalue weighted by atomic mass is 16.1. The molecule has 1 aliphatic heterocycles. The van der Waals surface area contributed by atoms with Gasteiger partial charge in [-0.05, 0) is 19.1 Å². The first-order valence-corrected chi connectivity index (χ1v) is 9.39. The van der Waals surface area contributed by atoms with Crippen molar-refractivity contribution < 1.29 is 0 Å². The van der Waals surface area contributed by atoms with Crippen LogP contribution in [0.3, 0.4) is 0 Å². The van der Waals surface area contributed by atoms with Crippen molar-refractivity contribution in [1.82, 2.24) is 29.5 Å². The molecule has 1 fully saturated rings. The molecule has 1 aromatic carbocycles. The molecule has 5 rings (SSSR count). The Kier molecular flexibility index (Phi) is 3.87. The summed E-state index contributed by atoms with van der Waals surface area (Å²) in [6.45, 7) is 5.50. The number of benzene rings is 1. The van der Waals surface area contributed by atoms with E-state index in [0.717, 1.165) is 54.2 Å². The predicted octanol–water partition coefficient (Wildman–Crippen LogP) is 1.36. The third-order valence-electron chi connectivity index (χ3n) is 5.16. The van der Waals surface area contributed by atoms with Crippen LogP contribution in [-0.2, 0) is 7.05 Å². The summed E-state index contributed by atoms with van der Waals surface area (Å²) in [4.78, 5) is 24.5. The number of anilines is 1. The summed E-state index contributed by atoms with van der Waals surface area (Å²) >= 11 is 0. The van der Waals surface area contributed by atoms with Gasteiger partial charge in [0.05, 0.1) is 23.1 Å². The molecule has 0 aliphatic carbocycles. The third kappa shape index (κ3) is 2.82. The maximum atomic E-state index is 12.9. The van der Waals surface area contributed by atoms with Gasteiger partial charge < -0.3 is 10.2 Å². The van der Waals surface area contributed by atoms with Crippen molar-refractivity contribution in [2.75, 3.05) is 31.1 Å². The Morgan fingerprint density at radius 2 is 1.89 bits per heavy atom. The van der Waals surface area contributed by atoms with Crippen LogP contribution in [0.15, 0.2) is 41.5 Å². The van der Waals surface area contributed by atoms with E-state index in [1.165, 1.54) is 0 Å². The summed E-state index contributed by atoms with van der Waals surface area (Å²) in [6.07, 6.45) is 3.76. The van der Waals surface area contributed by atoms with Crippen molar-refractivity contribution >= 4 is 22.4 Å². The second kappa shape index (κ2) is 6.42. The molecule has 3 aromatic heterocycles. The lowest BCUT2D eigenvalue weighted by Gasteiger charge is -2.28. The van der Waals surface area contributed by atoms with Gasteiger partial charge in [-0.15, -0.1) is 0 Å². The molecule has 0 radical (unpaired) electrons. The smallest absolute Gasteiger partial charge is 0.258 e. The van der Waals surface area contributed by atoms with E-state index in [1.807, 2.05) is 38.4 Å². The Balaban J connectivity index is 1.63. The maximum Gasteiger partial charge on any atom is 0.258 e. The first-order valence-electron chi connectivity index (χ1n) is 9.39. The quantitative estimate of drug-likeness (QED) is 0.570. The van der Waals surface area contributed by atoms with Crippen molar-refractivity contribution in [3.8, 4) is 11.3 Å². The van der Waals surface area contributed by atoms with Crippen molar-refractivity contribution in [2.24, 2.45) is 7.05 Å². The zero-order valence-corrected chi connectivity index (χ0v) is 15.9. The largest absolute Gasteiger partial charge is 0.353 e. The van der Waals surface area contributed by atoms with Gasteiger partial charge in [-0.1, -0.05) is 6.07 Å². The van der Waals surface area contributed by atoms with Crippen LogP contribution >= 0.6 is 0 Å². The normalized spacial score (nSPS) is 14.9. The Bertz CT molecular complexity index is 1250. The van der Waals surface area contributed by atoms with Crippen molar-refractivity contribution in [3.63, 3.8) is 0 Å². The summed E-state index contributed by atoms with van der Waals surface area (Å²) in [5.41, 5.74) is 3.70. The molecule has 0 saturated carbocycles. The molecule has 142 valence electrons. The molecule has 0 amide bonds. The van der Waals surface area contributed by atoms with Crippen molar-refractivity contribution in [1.29, 1.82) is 0 Å². The molecule has 1 aliphatic rings. The lowest BCUT2D eigenvalue weighted by atomic mass is 10.1. The molecule has 8 nitrogen and oxygen atoms in total. The second-order valence-electron chi connectivity index (χ2n) is 7.17. The fourth-order valence-electron chi connectivity index (χ4n) is 3.74. The van der Waals surface area contributed by atoms with E-state index < -0.39 is 0 Å². The van der Waals surface area contributed by atoms with E-state index in [-0.39, 0.29) is 5.56 Å². The van der Waals surface area contributed by atoms with Gasteiger partial charge in [0, 0.05) is 56.4 Å². The minimum atomic E-state index is -0.104. The van der Waals surface area contributed by atoms with E-state index in [2.05, 4.69) is 15.3 Å². The first kappa shape index (κ1) is 16.9. The standard InChI is InChI=1S/C20H21N7O/c1-13-20-23-17(14-3-4-16-15(9-14)11-25(2)24-16)10-19(28)27(20)12-18(22-13)26-7-5-21-6-8-26/h3-4,9-12,21H,5-8H2,1-2H3. The minimum Gasteiger partial charge on any atom is -0.353 e. The van der Waals surface area contributed by atoms with Crippen molar-refractivity contribution in [3.05, 3.63) is 52.7 Å². The highest BCUT2D eigenvalue weighted by Crippen LogP contribution is 2.23. The summed E-state index contributed by atoms with van der Waals surface area (Å²) < 4.78 is 3.38.